The van der Waals surface area contributed by atoms with Crippen LogP contribution in [0.5, 0.6) is 0 Å². The summed E-state index contributed by atoms with van der Waals surface area (Å²) in [6, 6.07) is 0. The molecule has 0 saturated carbocycles. The van der Waals surface area contributed by atoms with Crippen LogP contribution in [-0.2, 0) is 24.3 Å². The topological polar surface area (TPSA) is 17.1 Å². The van der Waals surface area contributed by atoms with Crippen LogP contribution in [-0.4, -0.2) is 0 Å². The fourth-order valence-corrected chi connectivity index (χ4v) is 0. The van der Waals surface area contributed by atoms with Gasteiger partial charge in [0.15, 0.2) is 0 Å². The first-order chi connectivity index (χ1) is 2.00. The van der Waals surface area contributed by atoms with Gasteiger partial charge in [0, 0.05) is 0 Å². The van der Waals surface area contributed by atoms with E-state index in [1.54, 1.807) is 6.92 Å². The van der Waals surface area contributed by atoms with Crippen LogP contribution >= 0.6 is 0 Å². The molecule has 0 unspecified atom stereocenters. The summed E-state index contributed by atoms with van der Waals surface area (Å²) in [5, 5.41) is 0. The van der Waals surface area contributed by atoms with Gasteiger partial charge in [-0.05, 0) is 0 Å². The number of hydrogen-bond donors (Lipinski definition) is 0. The summed E-state index contributed by atoms with van der Waals surface area (Å²) in [7, 11) is 0. The molecule has 0 aromatic carbocycles. The van der Waals surface area contributed by atoms with Crippen molar-refractivity contribution in [2.24, 2.45) is 0 Å². The first-order valence-electron chi connectivity index (χ1n) is 0.890. The summed E-state index contributed by atoms with van der Waals surface area (Å²) in [5.41, 5.74) is 0. The van der Waals surface area contributed by atoms with Crippen molar-refractivity contribution in [3.05, 3.63) is 6.92 Å². The summed E-state index contributed by atoms with van der Waals surface area (Å²) in [6.07, 6.45) is 0. The van der Waals surface area contributed by atoms with E-state index < -0.39 is 0 Å². The zero-order valence-corrected chi connectivity index (χ0v) is 5.78. The van der Waals surface area contributed by atoms with E-state index in [4.69, 9.17) is 3.25 Å². The molecule has 0 aliphatic heterocycles. The molecule has 0 radical (unpaired) electrons. The summed E-state index contributed by atoms with van der Waals surface area (Å²) < 4.78 is 8.36. The molecular formula is C2H5OTa-. The minimum atomic E-state index is 0.194. The fraction of sp³-hybridized carbons (Fsp3) is 0.500. The third kappa shape index (κ3) is 20.6. The Hall–Kier alpha value is 0.540. The minimum absolute atomic E-state index is 0.194. The molecule has 0 fully saturated rings. The van der Waals surface area contributed by atoms with Gasteiger partial charge in [-0.3, -0.25) is 0 Å². The molecule has 0 heterocycles. The third-order valence-corrected chi connectivity index (χ3v) is 0. The molecule has 0 atom stereocenters. The Bertz CT molecular complexity index is 6.00. The first-order valence-corrected chi connectivity index (χ1v) is 2.20. The monoisotopic (exact) mass is 226 g/mol. The molecule has 0 bridgehead atoms. The van der Waals surface area contributed by atoms with E-state index in [0.717, 1.165) is 0 Å². The number of hydrogen-bond acceptors (Lipinski definition) is 1. The quantitative estimate of drug-likeness (QED) is 0.556. The van der Waals surface area contributed by atoms with Crippen molar-refractivity contribution in [2.75, 3.05) is 0 Å². The second-order valence-corrected chi connectivity index (χ2v) is 0. The number of rotatable bonds is 0. The fourth-order valence-electron chi connectivity index (χ4n) is 0. The van der Waals surface area contributed by atoms with Gasteiger partial charge in [0.1, 0.15) is 0 Å². The van der Waals surface area contributed by atoms with E-state index in [1.165, 1.54) is 0 Å². The molecular weight excluding hydrogens is 221 g/mol. The van der Waals surface area contributed by atoms with Crippen LogP contribution in [0.15, 0.2) is 0 Å². The SMILES string of the molecule is [CH2-]C.[O]=[Ta]. The Morgan fingerprint density at radius 3 is 1.50 bits per heavy atom. The first kappa shape index (κ1) is 8.82. The van der Waals surface area contributed by atoms with Crippen molar-refractivity contribution in [1.82, 2.24) is 0 Å². The van der Waals surface area contributed by atoms with Crippen LogP contribution in [0.4, 0.5) is 0 Å². The molecule has 0 saturated heterocycles. The van der Waals surface area contributed by atoms with E-state index in [2.05, 4.69) is 6.92 Å². The molecule has 2 heteroatoms. The van der Waals surface area contributed by atoms with Crippen molar-refractivity contribution in [2.45, 2.75) is 6.92 Å². The van der Waals surface area contributed by atoms with Gasteiger partial charge >= 0.3 is 24.3 Å². The van der Waals surface area contributed by atoms with E-state index in [1.807, 2.05) is 0 Å². The van der Waals surface area contributed by atoms with Crippen molar-refractivity contribution >= 4 is 0 Å². The Balaban J connectivity index is 0. The summed E-state index contributed by atoms with van der Waals surface area (Å²) in [5.74, 6) is 0. The Labute approximate surface area is 38.7 Å². The summed E-state index contributed by atoms with van der Waals surface area (Å²) in [4.78, 5) is 0. The van der Waals surface area contributed by atoms with Gasteiger partial charge in [0.25, 0.3) is 0 Å². The maximum absolute atomic E-state index is 8.36. The van der Waals surface area contributed by atoms with E-state index in [9.17, 15) is 0 Å². The molecule has 0 aliphatic carbocycles. The van der Waals surface area contributed by atoms with Crippen LogP contribution in [0, 0.1) is 6.92 Å². The molecule has 0 amide bonds. The van der Waals surface area contributed by atoms with Crippen LogP contribution in [0.1, 0.15) is 6.92 Å². The van der Waals surface area contributed by atoms with Crippen LogP contribution in [0.3, 0.4) is 0 Å². The van der Waals surface area contributed by atoms with Crippen molar-refractivity contribution < 1.29 is 24.3 Å². The molecule has 0 N–H and O–H groups in total. The molecule has 0 rings (SSSR count). The van der Waals surface area contributed by atoms with Gasteiger partial charge in [-0.1, -0.05) is 0 Å². The summed E-state index contributed by atoms with van der Waals surface area (Å²) in [6.45, 7) is 5.00. The Kier molecular flexibility index (Phi) is 173. The van der Waals surface area contributed by atoms with Gasteiger partial charge in [-0.15, -0.1) is 0 Å². The van der Waals surface area contributed by atoms with Gasteiger partial charge in [0.2, 0.25) is 0 Å². The zero-order valence-electron chi connectivity index (χ0n) is 2.56. The molecule has 0 aliphatic rings. The van der Waals surface area contributed by atoms with Crippen molar-refractivity contribution in [1.29, 1.82) is 0 Å². The normalized spacial score (nSPS) is 2.25. The Morgan fingerprint density at radius 2 is 1.50 bits per heavy atom. The Morgan fingerprint density at radius 1 is 1.50 bits per heavy atom. The van der Waals surface area contributed by atoms with Crippen LogP contribution < -0.4 is 0 Å². The van der Waals surface area contributed by atoms with Gasteiger partial charge in [0.05, 0.1) is 0 Å². The van der Waals surface area contributed by atoms with Gasteiger partial charge < -0.3 is 6.92 Å². The molecule has 4 heavy (non-hydrogen) atoms. The average molecular weight is 226 g/mol. The second kappa shape index (κ2) is 78.3. The maximum atomic E-state index is 8.36. The van der Waals surface area contributed by atoms with Gasteiger partial charge in [-0.25, -0.2) is 0 Å². The van der Waals surface area contributed by atoms with Gasteiger partial charge in [-0.2, -0.15) is 6.92 Å². The third-order valence-electron chi connectivity index (χ3n) is 0. The van der Waals surface area contributed by atoms with E-state index in [-0.39, 0.29) is 21.0 Å². The molecule has 0 aromatic heterocycles. The van der Waals surface area contributed by atoms with E-state index >= 15 is 0 Å². The van der Waals surface area contributed by atoms with Crippen molar-refractivity contribution in [3.8, 4) is 0 Å². The van der Waals surface area contributed by atoms with Crippen molar-refractivity contribution in [3.63, 3.8) is 0 Å². The molecule has 0 aromatic rings. The molecule has 0 spiro atoms. The molecule has 1 nitrogen and oxygen atoms in total. The molecule has 25 valence electrons. The standard InChI is InChI=1S/C2H5.O.Ta/c1-2;;/h1H2,2H3;;/q-1;;. The van der Waals surface area contributed by atoms with Crippen LogP contribution in [0.2, 0.25) is 0 Å². The zero-order chi connectivity index (χ0) is 4.00. The predicted molar refractivity (Wildman–Crippen MR) is 11.7 cm³/mol. The van der Waals surface area contributed by atoms with Crippen LogP contribution in [0.25, 0.3) is 0 Å². The van der Waals surface area contributed by atoms with E-state index in [0.29, 0.717) is 0 Å². The predicted octanol–water partition coefficient (Wildman–Crippen LogP) is 0.719. The average Bonchev–Trinajstić information content (AvgIpc) is 1.50. The summed E-state index contributed by atoms with van der Waals surface area (Å²) >= 11 is 0.194. The second-order valence-electron chi connectivity index (χ2n) is 0.